The quantitative estimate of drug-likeness (QED) is 0.394. The summed E-state index contributed by atoms with van der Waals surface area (Å²) in [5.41, 5.74) is 0.762. The summed E-state index contributed by atoms with van der Waals surface area (Å²) in [6.07, 6.45) is 3.88. The van der Waals surface area contributed by atoms with Crippen molar-refractivity contribution in [3.63, 3.8) is 0 Å². The lowest BCUT2D eigenvalue weighted by molar-refractivity contribution is -0.232. The maximum Gasteiger partial charge on any atom is 0.273 e. The zero-order valence-corrected chi connectivity index (χ0v) is 17.4. The Bertz CT molecular complexity index is 1150. The average Bonchev–Trinajstić information content (AvgIpc) is 3.40. The predicted molar refractivity (Wildman–Crippen MR) is 109 cm³/mol. The van der Waals surface area contributed by atoms with Gasteiger partial charge in [0.05, 0.1) is 25.5 Å². The van der Waals surface area contributed by atoms with Crippen LogP contribution < -0.4 is 15.0 Å². The number of aromatic nitrogens is 4. The number of pyridine rings is 1. The number of halogens is 1. The summed E-state index contributed by atoms with van der Waals surface area (Å²) in [4.78, 5) is 23.1. The van der Waals surface area contributed by atoms with Crippen LogP contribution in [0.3, 0.4) is 0 Å². The van der Waals surface area contributed by atoms with Gasteiger partial charge in [0.25, 0.3) is 11.8 Å². The Labute approximate surface area is 182 Å². The second-order valence-corrected chi connectivity index (χ2v) is 7.57. The largest absolute Gasteiger partial charge is 0.481 e. The molecule has 4 N–H and O–H groups in total. The first-order valence-corrected chi connectivity index (χ1v) is 9.97. The zero-order chi connectivity index (χ0) is 23.0. The van der Waals surface area contributed by atoms with E-state index in [0.29, 0.717) is 23.8 Å². The number of amides is 1. The number of hydrogen-bond acceptors (Lipinski definition) is 9. The molecule has 4 rings (SSSR count). The summed E-state index contributed by atoms with van der Waals surface area (Å²) in [5.74, 6) is -3.31. The standard InChI is InChI=1S/C20H23FN6O5/c1-11(28)20(30,31)25-18(29)14-10-23-27-7-5-16(24-17(14)27)26-6-3-4-15(26)13-8-12(21)9-22-19(13)32-2/h5,7-11,15,28,30-31H,3-4,6H2,1-2H3,(H,25,29)/t11?,15-/m1/s1. The van der Waals surface area contributed by atoms with Gasteiger partial charge in [-0.25, -0.2) is 18.9 Å². The van der Waals surface area contributed by atoms with Crippen molar-refractivity contribution in [3.05, 3.63) is 47.7 Å². The number of ether oxygens (including phenoxy) is 1. The number of nitrogens with zero attached hydrogens (tertiary/aromatic N) is 5. The van der Waals surface area contributed by atoms with Crippen molar-refractivity contribution in [3.8, 4) is 5.88 Å². The molecule has 11 nitrogen and oxygen atoms in total. The summed E-state index contributed by atoms with van der Waals surface area (Å²) in [7, 11) is 1.47. The van der Waals surface area contributed by atoms with Crippen LogP contribution in [0.1, 0.15) is 41.7 Å². The molecule has 0 aromatic carbocycles. The first kappa shape index (κ1) is 21.9. The van der Waals surface area contributed by atoms with Crippen molar-refractivity contribution in [1.29, 1.82) is 0 Å². The van der Waals surface area contributed by atoms with E-state index < -0.39 is 23.7 Å². The molecule has 1 amide bonds. The van der Waals surface area contributed by atoms with Gasteiger partial charge in [0.1, 0.15) is 23.3 Å². The number of fused-ring (bicyclic) bond motifs is 1. The van der Waals surface area contributed by atoms with Gasteiger partial charge in [-0.1, -0.05) is 0 Å². The molecule has 1 aliphatic rings. The third kappa shape index (κ3) is 3.95. The summed E-state index contributed by atoms with van der Waals surface area (Å²) < 4.78 is 20.6. The maximum absolute atomic E-state index is 13.9. The molecule has 12 heteroatoms. The summed E-state index contributed by atoms with van der Waals surface area (Å²) >= 11 is 0. The van der Waals surface area contributed by atoms with E-state index in [-0.39, 0.29) is 17.3 Å². The SMILES string of the molecule is COc1ncc(F)cc1[C@H]1CCCN1c1ccn2ncc(C(=O)NC(O)(O)C(C)O)c2n1. The molecule has 2 atom stereocenters. The van der Waals surface area contributed by atoms with E-state index in [1.807, 2.05) is 10.2 Å². The van der Waals surface area contributed by atoms with E-state index in [1.54, 1.807) is 12.3 Å². The van der Waals surface area contributed by atoms with Crippen molar-refractivity contribution < 1.29 is 29.2 Å². The number of nitrogens with one attached hydrogen (secondary N) is 1. The molecule has 170 valence electrons. The van der Waals surface area contributed by atoms with E-state index >= 15 is 0 Å². The first-order chi connectivity index (χ1) is 15.2. The third-order valence-corrected chi connectivity index (χ3v) is 5.42. The number of aliphatic hydroxyl groups is 3. The fourth-order valence-electron chi connectivity index (χ4n) is 3.73. The molecule has 1 unspecified atom stereocenters. The van der Waals surface area contributed by atoms with Gasteiger partial charge < -0.3 is 25.0 Å². The molecule has 4 heterocycles. The fraction of sp³-hybridized carbons (Fsp3) is 0.400. The van der Waals surface area contributed by atoms with E-state index in [2.05, 4.69) is 15.1 Å². The van der Waals surface area contributed by atoms with Crippen LogP contribution in [0.25, 0.3) is 5.65 Å². The molecule has 3 aromatic rings. The zero-order valence-electron chi connectivity index (χ0n) is 17.4. The topological polar surface area (TPSA) is 145 Å². The van der Waals surface area contributed by atoms with Crippen LogP contribution in [-0.2, 0) is 0 Å². The Balaban J connectivity index is 1.69. The van der Waals surface area contributed by atoms with E-state index in [1.165, 1.54) is 23.9 Å². The van der Waals surface area contributed by atoms with Gasteiger partial charge >= 0.3 is 0 Å². The lowest BCUT2D eigenvalue weighted by Crippen LogP contribution is -2.55. The van der Waals surface area contributed by atoms with Crippen molar-refractivity contribution in [1.82, 2.24) is 24.9 Å². The Hall–Kier alpha value is -3.35. The highest BCUT2D eigenvalue weighted by atomic mass is 19.1. The second kappa shape index (κ2) is 8.30. The molecule has 3 aromatic heterocycles. The minimum absolute atomic E-state index is 0.0132. The Morgan fingerprint density at radius 3 is 2.91 bits per heavy atom. The van der Waals surface area contributed by atoms with Crippen molar-refractivity contribution in [2.45, 2.75) is 37.8 Å². The van der Waals surface area contributed by atoms with Gasteiger partial charge in [-0.3, -0.25) is 10.1 Å². The highest BCUT2D eigenvalue weighted by Crippen LogP contribution is 2.38. The van der Waals surface area contributed by atoms with Gasteiger partial charge in [-0.15, -0.1) is 0 Å². The fourth-order valence-corrected chi connectivity index (χ4v) is 3.73. The van der Waals surface area contributed by atoms with Gasteiger partial charge in [-0.05, 0) is 31.9 Å². The normalized spacial score (nSPS) is 17.6. The van der Waals surface area contributed by atoms with Crippen molar-refractivity contribution >= 4 is 17.4 Å². The molecule has 0 bridgehead atoms. The first-order valence-electron chi connectivity index (χ1n) is 9.97. The van der Waals surface area contributed by atoms with Gasteiger partial charge in [-0.2, -0.15) is 5.10 Å². The minimum atomic E-state index is -2.82. The Kier molecular flexibility index (Phi) is 5.67. The molecule has 0 aliphatic carbocycles. The number of rotatable bonds is 6. The highest BCUT2D eigenvalue weighted by Gasteiger charge is 2.34. The average molecular weight is 446 g/mol. The van der Waals surface area contributed by atoms with Crippen LogP contribution in [-0.4, -0.2) is 66.5 Å². The molecule has 0 saturated carbocycles. The lowest BCUT2D eigenvalue weighted by atomic mass is 10.1. The van der Waals surface area contributed by atoms with E-state index in [0.717, 1.165) is 26.0 Å². The maximum atomic E-state index is 13.9. The predicted octanol–water partition coefficient (Wildman–Crippen LogP) is 0.362. The van der Waals surface area contributed by atoms with Gasteiger partial charge in [0.2, 0.25) is 5.88 Å². The summed E-state index contributed by atoms with van der Waals surface area (Å²) in [6.45, 7) is 1.76. The second-order valence-electron chi connectivity index (χ2n) is 7.57. The highest BCUT2D eigenvalue weighted by molar-refractivity contribution is 6.00. The Morgan fingerprint density at radius 2 is 2.19 bits per heavy atom. The molecular formula is C20H23FN6O5. The van der Waals surface area contributed by atoms with Crippen LogP contribution >= 0.6 is 0 Å². The van der Waals surface area contributed by atoms with Crippen molar-refractivity contribution in [2.24, 2.45) is 0 Å². The van der Waals surface area contributed by atoms with Gasteiger partial charge in [0.15, 0.2) is 5.65 Å². The van der Waals surface area contributed by atoms with Crippen LogP contribution in [0.2, 0.25) is 0 Å². The number of hydrogen-bond donors (Lipinski definition) is 4. The monoisotopic (exact) mass is 446 g/mol. The number of anilines is 1. The van der Waals surface area contributed by atoms with E-state index in [9.17, 15) is 24.5 Å². The van der Waals surface area contributed by atoms with E-state index in [4.69, 9.17) is 4.74 Å². The molecule has 1 fully saturated rings. The van der Waals surface area contributed by atoms with Crippen LogP contribution in [0.15, 0.2) is 30.7 Å². The Morgan fingerprint density at radius 1 is 1.41 bits per heavy atom. The lowest BCUT2D eigenvalue weighted by Gasteiger charge is -2.27. The summed E-state index contributed by atoms with van der Waals surface area (Å²) in [6, 6.07) is 2.88. The summed E-state index contributed by atoms with van der Waals surface area (Å²) in [5, 5.41) is 35.0. The van der Waals surface area contributed by atoms with Gasteiger partial charge in [0, 0.05) is 18.3 Å². The number of carbonyl (C=O) groups excluding carboxylic acids is 1. The molecular weight excluding hydrogens is 423 g/mol. The number of methoxy groups -OCH3 is 1. The van der Waals surface area contributed by atoms with Crippen molar-refractivity contribution in [2.75, 3.05) is 18.6 Å². The minimum Gasteiger partial charge on any atom is -0.481 e. The smallest absolute Gasteiger partial charge is 0.273 e. The number of aliphatic hydroxyl groups excluding tert-OH is 1. The van der Waals surface area contributed by atoms with Crippen LogP contribution in [0, 0.1) is 5.82 Å². The molecule has 1 saturated heterocycles. The van der Waals surface area contributed by atoms with Crippen LogP contribution in [0.5, 0.6) is 5.88 Å². The van der Waals surface area contributed by atoms with Crippen LogP contribution in [0.4, 0.5) is 10.2 Å². The molecule has 0 radical (unpaired) electrons. The number of carbonyl (C=O) groups is 1. The third-order valence-electron chi connectivity index (χ3n) is 5.42. The molecule has 0 spiro atoms. The molecule has 1 aliphatic heterocycles. The molecule has 32 heavy (non-hydrogen) atoms.